The van der Waals surface area contributed by atoms with Crippen LogP contribution in [-0.2, 0) is 28.7 Å². The molecular formula is C11H15NO7. The molecule has 8 heteroatoms. The van der Waals surface area contributed by atoms with Crippen LogP contribution in [0.2, 0.25) is 0 Å². The van der Waals surface area contributed by atoms with Crippen molar-refractivity contribution in [1.29, 1.82) is 0 Å². The largest absolute Gasteiger partial charge is 0.478 e. The minimum absolute atomic E-state index is 0.204. The van der Waals surface area contributed by atoms with Crippen molar-refractivity contribution in [3.8, 4) is 0 Å². The molecule has 0 saturated heterocycles. The van der Waals surface area contributed by atoms with Gasteiger partial charge in [0.1, 0.15) is 6.54 Å². The van der Waals surface area contributed by atoms with Gasteiger partial charge in [-0.1, -0.05) is 0 Å². The first-order chi connectivity index (χ1) is 8.86. The number of hydrogen-bond acceptors (Lipinski definition) is 6. The standard InChI is InChI=1S/C11H15NO7/c1-3-18-11(17)6-12(2)8(13)7-19-10(16)5-4-9(14)15/h4-5H,3,6-7H2,1-2H3,(H,14,15). The molecule has 0 saturated carbocycles. The molecule has 1 N–H and O–H groups in total. The zero-order valence-corrected chi connectivity index (χ0v) is 10.6. The number of likely N-dealkylation sites (N-methyl/N-ethyl adjacent to an activating group) is 1. The van der Waals surface area contributed by atoms with Crippen LogP contribution < -0.4 is 0 Å². The van der Waals surface area contributed by atoms with Crippen LogP contribution >= 0.6 is 0 Å². The van der Waals surface area contributed by atoms with Crippen LogP contribution in [0.15, 0.2) is 12.2 Å². The van der Waals surface area contributed by atoms with E-state index in [4.69, 9.17) is 5.11 Å². The van der Waals surface area contributed by atoms with Crippen LogP contribution in [0, 0.1) is 0 Å². The Morgan fingerprint density at radius 3 is 2.32 bits per heavy atom. The molecule has 0 fully saturated rings. The van der Waals surface area contributed by atoms with E-state index in [2.05, 4.69) is 9.47 Å². The summed E-state index contributed by atoms with van der Waals surface area (Å²) in [6, 6.07) is 0. The zero-order valence-electron chi connectivity index (χ0n) is 10.6. The Labute approximate surface area is 109 Å². The number of amides is 1. The Kier molecular flexibility index (Phi) is 7.59. The third-order valence-corrected chi connectivity index (χ3v) is 1.80. The summed E-state index contributed by atoms with van der Waals surface area (Å²) in [6.07, 6.45) is 1.27. The van der Waals surface area contributed by atoms with Crippen molar-refractivity contribution in [3.05, 3.63) is 12.2 Å². The first-order valence-electron chi connectivity index (χ1n) is 5.34. The van der Waals surface area contributed by atoms with Crippen molar-refractivity contribution in [2.45, 2.75) is 6.92 Å². The Balaban J connectivity index is 4.06. The highest BCUT2D eigenvalue weighted by Gasteiger charge is 2.14. The van der Waals surface area contributed by atoms with Gasteiger partial charge in [0.05, 0.1) is 6.61 Å². The molecule has 0 aliphatic heterocycles. The number of carbonyl (C=O) groups excluding carboxylic acids is 3. The fourth-order valence-electron chi connectivity index (χ4n) is 0.919. The maximum absolute atomic E-state index is 11.4. The quantitative estimate of drug-likeness (QED) is 0.477. The van der Waals surface area contributed by atoms with E-state index < -0.39 is 30.4 Å². The molecular weight excluding hydrogens is 258 g/mol. The van der Waals surface area contributed by atoms with Gasteiger partial charge in [-0.25, -0.2) is 9.59 Å². The van der Waals surface area contributed by atoms with Crippen LogP contribution in [-0.4, -0.2) is 60.6 Å². The molecule has 0 atom stereocenters. The van der Waals surface area contributed by atoms with E-state index in [0.29, 0.717) is 12.2 Å². The normalized spacial score (nSPS) is 10.0. The van der Waals surface area contributed by atoms with E-state index in [1.807, 2.05) is 0 Å². The summed E-state index contributed by atoms with van der Waals surface area (Å²) in [6.45, 7) is 1.00. The summed E-state index contributed by atoms with van der Waals surface area (Å²) in [5.41, 5.74) is 0. The number of carboxylic acid groups (broad SMARTS) is 1. The molecule has 106 valence electrons. The van der Waals surface area contributed by atoms with E-state index in [-0.39, 0.29) is 13.2 Å². The Morgan fingerprint density at radius 1 is 1.16 bits per heavy atom. The highest BCUT2D eigenvalue weighted by Crippen LogP contribution is 1.91. The molecule has 0 radical (unpaired) electrons. The number of esters is 2. The highest BCUT2D eigenvalue weighted by atomic mass is 16.5. The summed E-state index contributed by atoms with van der Waals surface area (Å²) in [7, 11) is 1.35. The molecule has 0 aliphatic rings. The summed E-state index contributed by atoms with van der Waals surface area (Å²) >= 11 is 0. The Hall–Kier alpha value is -2.38. The van der Waals surface area contributed by atoms with E-state index in [1.54, 1.807) is 6.92 Å². The van der Waals surface area contributed by atoms with Crippen molar-refractivity contribution >= 4 is 23.8 Å². The number of nitrogens with zero attached hydrogens (tertiary/aromatic N) is 1. The summed E-state index contributed by atoms with van der Waals surface area (Å²) in [5.74, 6) is -3.44. The third kappa shape index (κ3) is 8.36. The number of hydrogen-bond donors (Lipinski definition) is 1. The lowest BCUT2D eigenvalue weighted by molar-refractivity contribution is -0.152. The number of rotatable bonds is 7. The van der Waals surface area contributed by atoms with Gasteiger partial charge in [0.15, 0.2) is 6.61 Å². The van der Waals surface area contributed by atoms with Crippen molar-refractivity contribution in [3.63, 3.8) is 0 Å². The fraction of sp³-hybridized carbons (Fsp3) is 0.455. The minimum atomic E-state index is -1.30. The van der Waals surface area contributed by atoms with Gasteiger partial charge in [0.25, 0.3) is 5.91 Å². The van der Waals surface area contributed by atoms with Gasteiger partial charge < -0.3 is 19.5 Å². The first-order valence-corrected chi connectivity index (χ1v) is 5.34. The molecule has 0 aromatic heterocycles. The average molecular weight is 273 g/mol. The number of aliphatic carboxylic acids is 1. The van der Waals surface area contributed by atoms with E-state index in [9.17, 15) is 19.2 Å². The van der Waals surface area contributed by atoms with Crippen molar-refractivity contribution < 1.29 is 33.8 Å². The number of carboxylic acids is 1. The molecule has 0 spiro atoms. The second kappa shape index (κ2) is 8.67. The lowest BCUT2D eigenvalue weighted by Gasteiger charge is -2.15. The highest BCUT2D eigenvalue weighted by molar-refractivity contribution is 5.92. The van der Waals surface area contributed by atoms with E-state index >= 15 is 0 Å². The maximum Gasteiger partial charge on any atom is 0.331 e. The Morgan fingerprint density at radius 2 is 1.79 bits per heavy atom. The molecule has 0 rings (SSSR count). The van der Waals surface area contributed by atoms with Crippen LogP contribution in [0.1, 0.15) is 6.92 Å². The molecule has 0 bridgehead atoms. The molecule has 19 heavy (non-hydrogen) atoms. The van der Waals surface area contributed by atoms with Crippen LogP contribution in [0.25, 0.3) is 0 Å². The second-order valence-corrected chi connectivity index (χ2v) is 3.33. The van der Waals surface area contributed by atoms with Crippen molar-refractivity contribution in [2.24, 2.45) is 0 Å². The van der Waals surface area contributed by atoms with Gasteiger partial charge >= 0.3 is 17.9 Å². The van der Waals surface area contributed by atoms with Gasteiger partial charge in [0.2, 0.25) is 0 Å². The topological polar surface area (TPSA) is 110 Å². The SMILES string of the molecule is CCOC(=O)CN(C)C(=O)COC(=O)C=CC(=O)O. The lowest BCUT2D eigenvalue weighted by Crippen LogP contribution is -2.35. The van der Waals surface area contributed by atoms with Gasteiger partial charge in [0, 0.05) is 19.2 Å². The molecule has 0 aliphatic carbocycles. The van der Waals surface area contributed by atoms with Gasteiger partial charge in [-0.15, -0.1) is 0 Å². The Bertz CT molecular complexity index is 389. The van der Waals surface area contributed by atoms with Crippen molar-refractivity contribution in [2.75, 3.05) is 26.8 Å². The molecule has 8 nitrogen and oxygen atoms in total. The van der Waals surface area contributed by atoms with Gasteiger partial charge in [-0.3, -0.25) is 9.59 Å². The molecule has 0 aromatic rings. The molecule has 1 amide bonds. The molecule has 0 aromatic carbocycles. The maximum atomic E-state index is 11.4. The van der Waals surface area contributed by atoms with E-state index in [1.165, 1.54) is 7.05 Å². The number of ether oxygens (including phenoxy) is 2. The van der Waals surface area contributed by atoms with E-state index in [0.717, 1.165) is 4.90 Å². The zero-order chi connectivity index (χ0) is 14.8. The molecule has 0 heterocycles. The monoisotopic (exact) mass is 273 g/mol. The number of carbonyl (C=O) groups is 4. The van der Waals surface area contributed by atoms with Crippen LogP contribution in [0.3, 0.4) is 0 Å². The summed E-state index contributed by atoms with van der Waals surface area (Å²) < 4.78 is 9.12. The molecule has 0 unspecified atom stereocenters. The summed E-state index contributed by atoms with van der Waals surface area (Å²) in [4.78, 5) is 44.6. The lowest BCUT2D eigenvalue weighted by atomic mass is 10.5. The van der Waals surface area contributed by atoms with Gasteiger partial charge in [-0.2, -0.15) is 0 Å². The first kappa shape index (κ1) is 16.6. The average Bonchev–Trinajstić information content (AvgIpc) is 2.33. The van der Waals surface area contributed by atoms with Gasteiger partial charge in [-0.05, 0) is 6.92 Å². The smallest absolute Gasteiger partial charge is 0.331 e. The van der Waals surface area contributed by atoms with Crippen LogP contribution in [0.5, 0.6) is 0 Å². The fourth-order valence-corrected chi connectivity index (χ4v) is 0.919. The van der Waals surface area contributed by atoms with Crippen LogP contribution in [0.4, 0.5) is 0 Å². The summed E-state index contributed by atoms with van der Waals surface area (Å²) in [5, 5.41) is 8.26. The third-order valence-electron chi connectivity index (χ3n) is 1.80. The second-order valence-electron chi connectivity index (χ2n) is 3.33. The predicted molar refractivity (Wildman–Crippen MR) is 62.0 cm³/mol. The van der Waals surface area contributed by atoms with Crippen molar-refractivity contribution in [1.82, 2.24) is 4.90 Å². The minimum Gasteiger partial charge on any atom is -0.478 e. The predicted octanol–water partition coefficient (Wildman–Crippen LogP) is -0.808.